The molecule has 11 heteroatoms. The van der Waals surface area contributed by atoms with E-state index in [1.54, 1.807) is 42.5 Å². The standard InChI is InChI=1S/C25H18N4O7/c1-3-11-36-16-8-9-18-20(13-16)25(31)23-17(14(2)30)5-4-6-19(23)24(18)27-26-21-10-7-15(28(32)33)12-22(21)29(34)35/h3-10,12-13,31H,1,11H2,2H3. The lowest BCUT2D eigenvalue weighted by Gasteiger charge is -2.14. The highest BCUT2D eigenvalue weighted by Gasteiger charge is 2.21. The summed E-state index contributed by atoms with van der Waals surface area (Å²) in [5.41, 5.74) is -0.760. The number of hydrogen-bond acceptors (Lipinski definition) is 9. The first-order chi connectivity index (χ1) is 17.2. The molecule has 4 aromatic rings. The second-order valence-electron chi connectivity index (χ2n) is 7.68. The number of carbonyl (C=O) groups excluding carboxylic acids is 1. The van der Waals surface area contributed by atoms with Crippen molar-refractivity contribution in [3.8, 4) is 11.5 Å². The number of non-ortho nitro benzene ring substituents is 1. The number of carbonyl (C=O) groups is 1. The van der Waals surface area contributed by atoms with Crippen LogP contribution in [-0.2, 0) is 0 Å². The molecule has 1 N–H and O–H groups in total. The maximum absolute atomic E-state index is 12.3. The molecule has 0 aliphatic carbocycles. The van der Waals surface area contributed by atoms with Crippen molar-refractivity contribution in [2.24, 2.45) is 10.2 Å². The lowest BCUT2D eigenvalue weighted by Crippen LogP contribution is -1.96. The minimum absolute atomic E-state index is 0.157. The first-order valence-corrected chi connectivity index (χ1v) is 10.5. The lowest BCUT2D eigenvalue weighted by molar-refractivity contribution is -0.393. The highest BCUT2D eigenvalue weighted by Crippen LogP contribution is 2.45. The lowest BCUT2D eigenvalue weighted by atomic mass is 9.95. The quantitative estimate of drug-likeness (QED) is 0.0724. The molecule has 0 aliphatic rings. The zero-order chi connectivity index (χ0) is 26.0. The van der Waals surface area contributed by atoms with Crippen LogP contribution in [0.3, 0.4) is 0 Å². The molecule has 11 nitrogen and oxygen atoms in total. The fourth-order valence-corrected chi connectivity index (χ4v) is 3.82. The number of nitro benzene ring substituents is 2. The molecule has 0 radical (unpaired) electrons. The second-order valence-corrected chi connectivity index (χ2v) is 7.68. The van der Waals surface area contributed by atoms with Gasteiger partial charge < -0.3 is 9.84 Å². The summed E-state index contributed by atoms with van der Waals surface area (Å²) in [6.45, 7) is 5.20. The molecule has 4 aromatic carbocycles. The van der Waals surface area contributed by atoms with Crippen LogP contribution in [-0.4, -0.2) is 27.3 Å². The molecule has 0 aliphatic heterocycles. The van der Waals surface area contributed by atoms with Gasteiger partial charge in [-0.25, -0.2) is 0 Å². The van der Waals surface area contributed by atoms with Crippen LogP contribution in [0.1, 0.15) is 17.3 Å². The average molecular weight is 486 g/mol. The van der Waals surface area contributed by atoms with Gasteiger partial charge in [0.2, 0.25) is 0 Å². The van der Waals surface area contributed by atoms with E-state index in [-0.39, 0.29) is 40.5 Å². The van der Waals surface area contributed by atoms with E-state index in [9.17, 15) is 30.1 Å². The number of phenols is 1. The van der Waals surface area contributed by atoms with Gasteiger partial charge >= 0.3 is 5.69 Å². The Bertz CT molecular complexity index is 1610. The van der Waals surface area contributed by atoms with Crippen molar-refractivity contribution in [3.05, 3.63) is 93.0 Å². The van der Waals surface area contributed by atoms with Gasteiger partial charge in [0, 0.05) is 33.2 Å². The number of aromatic hydroxyl groups is 1. The van der Waals surface area contributed by atoms with Gasteiger partial charge in [0.05, 0.1) is 15.9 Å². The summed E-state index contributed by atoms with van der Waals surface area (Å²) >= 11 is 0. The van der Waals surface area contributed by atoms with Crippen molar-refractivity contribution >= 4 is 50.1 Å². The predicted molar refractivity (Wildman–Crippen MR) is 133 cm³/mol. The molecule has 4 rings (SSSR count). The van der Waals surface area contributed by atoms with E-state index in [4.69, 9.17) is 4.74 Å². The molecule has 0 fully saturated rings. The Morgan fingerprint density at radius 1 is 1.03 bits per heavy atom. The molecule has 0 spiro atoms. The van der Waals surface area contributed by atoms with Crippen LogP contribution >= 0.6 is 0 Å². The summed E-state index contributed by atoms with van der Waals surface area (Å²) in [5.74, 6) is -0.00965. The monoisotopic (exact) mass is 486 g/mol. The van der Waals surface area contributed by atoms with Crippen LogP contribution in [0.15, 0.2) is 77.5 Å². The van der Waals surface area contributed by atoms with Crippen molar-refractivity contribution in [3.63, 3.8) is 0 Å². The van der Waals surface area contributed by atoms with Crippen molar-refractivity contribution in [2.45, 2.75) is 6.92 Å². The van der Waals surface area contributed by atoms with Crippen molar-refractivity contribution in [1.29, 1.82) is 0 Å². The van der Waals surface area contributed by atoms with Gasteiger partial charge in [-0.3, -0.25) is 25.0 Å². The fraction of sp³-hybridized carbons (Fsp3) is 0.0800. The molecular formula is C25H18N4O7. The number of fused-ring (bicyclic) bond motifs is 2. The average Bonchev–Trinajstić information content (AvgIpc) is 2.86. The van der Waals surface area contributed by atoms with E-state index < -0.39 is 21.2 Å². The molecule has 0 amide bonds. The smallest absolute Gasteiger partial charge is 0.303 e. The van der Waals surface area contributed by atoms with E-state index >= 15 is 0 Å². The van der Waals surface area contributed by atoms with Crippen molar-refractivity contribution < 1.29 is 24.5 Å². The van der Waals surface area contributed by atoms with Gasteiger partial charge in [0.1, 0.15) is 23.8 Å². The number of nitrogens with zero attached hydrogens (tertiary/aromatic N) is 4. The van der Waals surface area contributed by atoms with Gasteiger partial charge in [-0.1, -0.05) is 30.9 Å². The third-order valence-electron chi connectivity index (χ3n) is 5.43. The number of ether oxygens (including phenoxy) is 1. The maximum Gasteiger partial charge on any atom is 0.303 e. The van der Waals surface area contributed by atoms with Crippen LogP contribution in [0, 0.1) is 20.2 Å². The largest absolute Gasteiger partial charge is 0.507 e. The molecule has 0 heterocycles. The fourth-order valence-electron chi connectivity index (χ4n) is 3.82. The summed E-state index contributed by atoms with van der Waals surface area (Å²) in [4.78, 5) is 33.3. The molecule has 0 bridgehead atoms. The number of azo groups is 1. The first kappa shape index (κ1) is 24.0. The SMILES string of the molecule is C=CCOc1ccc2c(N=Nc3ccc([N+](=O)[O-])cc3[N+](=O)[O-])c3cccc(C(C)=O)c3c(O)c2c1. The highest BCUT2D eigenvalue weighted by molar-refractivity contribution is 6.20. The van der Waals surface area contributed by atoms with Crippen molar-refractivity contribution in [2.75, 3.05) is 6.61 Å². The van der Waals surface area contributed by atoms with Crippen molar-refractivity contribution in [1.82, 2.24) is 0 Å². The van der Waals surface area contributed by atoms with Gasteiger partial charge in [-0.05, 0) is 31.2 Å². The van der Waals surface area contributed by atoms with Gasteiger partial charge in [0.15, 0.2) is 11.5 Å². The van der Waals surface area contributed by atoms with Crippen LogP contribution < -0.4 is 4.74 Å². The number of Topliss-reactive ketones (excluding diaryl/α,β-unsaturated/α-hetero) is 1. The van der Waals surface area contributed by atoms with Crippen LogP contribution in [0.2, 0.25) is 0 Å². The minimum atomic E-state index is -0.786. The summed E-state index contributed by atoms with van der Waals surface area (Å²) < 4.78 is 5.57. The Morgan fingerprint density at radius 2 is 1.81 bits per heavy atom. The van der Waals surface area contributed by atoms with E-state index in [1.807, 2.05) is 0 Å². The number of nitro groups is 2. The number of benzene rings is 4. The van der Waals surface area contributed by atoms with E-state index in [0.717, 1.165) is 18.2 Å². The van der Waals surface area contributed by atoms with Crippen LogP contribution in [0.4, 0.5) is 22.7 Å². The molecule has 36 heavy (non-hydrogen) atoms. The molecule has 0 atom stereocenters. The predicted octanol–water partition coefficient (Wildman–Crippen LogP) is 6.70. The number of hydrogen-bond donors (Lipinski definition) is 1. The molecular weight excluding hydrogens is 468 g/mol. The summed E-state index contributed by atoms with van der Waals surface area (Å²) in [5, 5.41) is 43.4. The third-order valence-corrected chi connectivity index (χ3v) is 5.43. The van der Waals surface area contributed by atoms with E-state index in [0.29, 0.717) is 21.9 Å². The van der Waals surface area contributed by atoms with Crippen LogP contribution in [0.25, 0.3) is 21.5 Å². The molecule has 0 aromatic heterocycles. The summed E-state index contributed by atoms with van der Waals surface area (Å²) in [6.07, 6.45) is 1.56. The topological polar surface area (TPSA) is 158 Å². The maximum atomic E-state index is 12.3. The Balaban J connectivity index is 2.01. The number of rotatable bonds is 8. The minimum Gasteiger partial charge on any atom is -0.507 e. The second kappa shape index (κ2) is 9.58. The van der Waals surface area contributed by atoms with Gasteiger partial charge in [-0.15, -0.1) is 10.2 Å². The Kier molecular flexibility index (Phi) is 6.38. The Labute approximate surface area is 203 Å². The summed E-state index contributed by atoms with van der Waals surface area (Å²) in [7, 11) is 0. The molecule has 0 saturated heterocycles. The molecule has 180 valence electrons. The first-order valence-electron chi connectivity index (χ1n) is 10.5. The normalized spacial score (nSPS) is 11.1. The molecule has 0 saturated carbocycles. The van der Waals surface area contributed by atoms with Gasteiger partial charge in [-0.2, -0.15) is 0 Å². The number of phenolic OH excluding ortho intramolecular Hbond substituents is 1. The third kappa shape index (κ3) is 4.32. The van der Waals surface area contributed by atoms with Gasteiger partial charge in [0.25, 0.3) is 5.69 Å². The van der Waals surface area contributed by atoms with Crippen LogP contribution in [0.5, 0.6) is 11.5 Å². The zero-order valence-electron chi connectivity index (χ0n) is 18.9. The number of ketones is 1. The zero-order valence-corrected chi connectivity index (χ0v) is 18.9. The Morgan fingerprint density at radius 3 is 2.47 bits per heavy atom. The van der Waals surface area contributed by atoms with E-state index in [2.05, 4.69) is 16.8 Å². The Hall–Kier alpha value is -5.19. The summed E-state index contributed by atoms with van der Waals surface area (Å²) in [6, 6.07) is 12.7. The van der Waals surface area contributed by atoms with E-state index in [1.165, 1.54) is 6.92 Å². The molecule has 0 unspecified atom stereocenters. The highest BCUT2D eigenvalue weighted by atomic mass is 16.6.